The maximum Gasteiger partial charge on any atom is 0.313 e. The first-order chi connectivity index (χ1) is 6.02. The van der Waals surface area contributed by atoms with Crippen LogP contribution >= 0.6 is 24.0 Å². The van der Waals surface area contributed by atoms with Gasteiger partial charge in [0, 0.05) is 0 Å². The van der Waals surface area contributed by atoms with Gasteiger partial charge in [-0.15, -0.1) is 12.4 Å². The molecule has 0 amide bonds. The lowest BCUT2D eigenvalue weighted by Crippen LogP contribution is -1.94. The van der Waals surface area contributed by atoms with Gasteiger partial charge in [0.2, 0.25) is 5.15 Å². The molecule has 7 nitrogen and oxygen atoms in total. The normalized spacial score (nSPS) is 8.93. The highest BCUT2D eigenvalue weighted by molar-refractivity contribution is 6.31. The number of nitro groups is 2. The van der Waals surface area contributed by atoms with Gasteiger partial charge >= 0.3 is 5.69 Å². The van der Waals surface area contributed by atoms with E-state index >= 15 is 0 Å². The Hall–Kier alpha value is -1.47. The van der Waals surface area contributed by atoms with E-state index in [1.165, 1.54) is 0 Å². The second kappa shape index (κ2) is 4.68. The molecular weight excluding hydrogens is 237 g/mol. The fourth-order valence-corrected chi connectivity index (χ4v) is 0.826. The van der Waals surface area contributed by atoms with Gasteiger partial charge in [-0.1, -0.05) is 11.6 Å². The summed E-state index contributed by atoms with van der Waals surface area (Å²) in [5, 5.41) is 20.1. The molecule has 0 N–H and O–H groups in total. The number of rotatable bonds is 2. The van der Waals surface area contributed by atoms with Crippen LogP contribution in [0.4, 0.5) is 11.4 Å². The Morgan fingerprint density at radius 1 is 1.29 bits per heavy atom. The van der Waals surface area contributed by atoms with Gasteiger partial charge in [0.25, 0.3) is 5.69 Å². The zero-order valence-corrected chi connectivity index (χ0v) is 7.99. The summed E-state index contributed by atoms with van der Waals surface area (Å²) in [6.45, 7) is 0. The minimum atomic E-state index is -0.831. The molecule has 1 rings (SSSR count). The number of pyridine rings is 1. The standard InChI is InChI=1S/C5H2ClN3O4.ClH/c6-5-4(9(12)13)1-3(2-7-5)8(10)11;/h1-2H;1H. The molecule has 0 saturated heterocycles. The Labute approximate surface area is 88.4 Å². The van der Waals surface area contributed by atoms with Crippen molar-refractivity contribution < 1.29 is 9.85 Å². The number of aromatic nitrogens is 1. The average Bonchev–Trinajstić information content (AvgIpc) is 2.04. The first-order valence-electron chi connectivity index (χ1n) is 2.96. The highest BCUT2D eigenvalue weighted by atomic mass is 35.5. The van der Waals surface area contributed by atoms with Crippen LogP contribution in [0.15, 0.2) is 12.3 Å². The van der Waals surface area contributed by atoms with E-state index in [4.69, 9.17) is 11.6 Å². The Balaban J connectivity index is 0.00000169. The van der Waals surface area contributed by atoms with E-state index in [-0.39, 0.29) is 17.6 Å². The lowest BCUT2D eigenvalue weighted by molar-refractivity contribution is -0.394. The molecule has 0 aliphatic heterocycles. The van der Waals surface area contributed by atoms with Crippen LogP contribution in [0.1, 0.15) is 0 Å². The third-order valence-electron chi connectivity index (χ3n) is 1.21. The maximum absolute atomic E-state index is 10.3. The molecule has 0 radical (unpaired) electrons. The lowest BCUT2D eigenvalue weighted by Gasteiger charge is -1.93. The molecule has 0 saturated carbocycles. The van der Waals surface area contributed by atoms with Crippen molar-refractivity contribution in [3.05, 3.63) is 37.6 Å². The van der Waals surface area contributed by atoms with Crippen LogP contribution in [-0.4, -0.2) is 14.8 Å². The second-order valence-electron chi connectivity index (χ2n) is 2.02. The van der Waals surface area contributed by atoms with Gasteiger partial charge in [0.1, 0.15) is 6.20 Å². The zero-order chi connectivity index (χ0) is 10.0. The van der Waals surface area contributed by atoms with Gasteiger partial charge in [-0.25, -0.2) is 4.98 Å². The molecule has 0 unspecified atom stereocenters. The third kappa shape index (κ3) is 2.51. The monoisotopic (exact) mass is 239 g/mol. The van der Waals surface area contributed by atoms with Crippen molar-refractivity contribution in [1.29, 1.82) is 0 Å². The van der Waals surface area contributed by atoms with E-state index in [1.54, 1.807) is 0 Å². The highest BCUT2D eigenvalue weighted by Crippen LogP contribution is 2.25. The summed E-state index contributed by atoms with van der Waals surface area (Å²) in [6.07, 6.45) is 0.856. The zero-order valence-electron chi connectivity index (χ0n) is 6.42. The van der Waals surface area contributed by atoms with Crippen LogP contribution in [0, 0.1) is 20.2 Å². The van der Waals surface area contributed by atoms with Crippen molar-refractivity contribution in [2.45, 2.75) is 0 Å². The Bertz CT molecular complexity index is 383. The molecule has 1 heterocycles. The summed E-state index contributed by atoms with van der Waals surface area (Å²) in [5.74, 6) is 0. The predicted molar refractivity (Wildman–Crippen MR) is 49.8 cm³/mol. The quantitative estimate of drug-likeness (QED) is 0.447. The first-order valence-corrected chi connectivity index (χ1v) is 3.34. The van der Waals surface area contributed by atoms with Crippen LogP contribution in [-0.2, 0) is 0 Å². The van der Waals surface area contributed by atoms with E-state index < -0.39 is 21.2 Å². The van der Waals surface area contributed by atoms with Gasteiger partial charge in [-0.2, -0.15) is 0 Å². The molecule has 0 spiro atoms. The number of nitrogens with zero attached hydrogens (tertiary/aromatic N) is 3. The fraction of sp³-hybridized carbons (Fsp3) is 0. The fourth-order valence-electron chi connectivity index (χ4n) is 0.654. The molecule has 1 aromatic rings. The number of hydrogen-bond donors (Lipinski definition) is 0. The van der Waals surface area contributed by atoms with Crippen LogP contribution in [0.3, 0.4) is 0 Å². The topological polar surface area (TPSA) is 99.2 Å². The van der Waals surface area contributed by atoms with Gasteiger partial charge in [-0.05, 0) is 0 Å². The molecule has 9 heteroatoms. The largest absolute Gasteiger partial charge is 0.313 e. The van der Waals surface area contributed by atoms with Crippen molar-refractivity contribution in [3.8, 4) is 0 Å². The summed E-state index contributed by atoms with van der Waals surface area (Å²) in [4.78, 5) is 22.1. The van der Waals surface area contributed by atoms with Crippen LogP contribution in [0.25, 0.3) is 0 Å². The molecule has 0 aliphatic rings. The van der Waals surface area contributed by atoms with Gasteiger partial charge in [-0.3, -0.25) is 20.2 Å². The smallest absolute Gasteiger partial charge is 0.258 e. The molecule has 1 aromatic heterocycles. The molecule has 14 heavy (non-hydrogen) atoms. The lowest BCUT2D eigenvalue weighted by atomic mass is 10.4. The molecule has 0 aromatic carbocycles. The van der Waals surface area contributed by atoms with Gasteiger partial charge < -0.3 is 0 Å². The maximum atomic E-state index is 10.3. The molecule has 0 atom stereocenters. The summed E-state index contributed by atoms with van der Waals surface area (Å²) < 4.78 is 0. The number of hydrogen-bond acceptors (Lipinski definition) is 5. The summed E-state index contributed by atoms with van der Waals surface area (Å²) in [7, 11) is 0. The van der Waals surface area contributed by atoms with Crippen LogP contribution in [0.5, 0.6) is 0 Å². The molecular formula is C5H3Cl2N3O4. The predicted octanol–water partition coefficient (Wildman–Crippen LogP) is 1.97. The Morgan fingerprint density at radius 2 is 1.86 bits per heavy atom. The third-order valence-corrected chi connectivity index (χ3v) is 1.50. The molecule has 0 aliphatic carbocycles. The Kier molecular flexibility index (Phi) is 4.19. The van der Waals surface area contributed by atoms with Crippen molar-refractivity contribution >= 4 is 35.4 Å². The highest BCUT2D eigenvalue weighted by Gasteiger charge is 2.19. The second-order valence-corrected chi connectivity index (χ2v) is 2.38. The van der Waals surface area contributed by atoms with E-state index in [0.717, 1.165) is 12.3 Å². The first kappa shape index (κ1) is 12.5. The number of halogens is 2. The van der Waals surface area contributed by atoms with E-state index in [0.29, 0.717) is 0 Å². The summed E-state index contributed by atoms with van der Waals surface area (Å²) >= 11 is 5.32. The van der Waals surface area contributed by atoms with Crippen molar-refractivity contribution in [2.75, 3.05) is 0 Å². The van der Waals surface area contributed by atoms with Crippen molar-refractivity contribution in [3.63, 3.8) is 0 Å². The molecule has 0 fully saturated rings. The van der Waals surface area contributed by atoms with Crippen LogP contribution < -0.4 is 0 Å². The molecule has 0 bridgehead atoms. The average molecular weight is 240 g/mol. The SMILES string of the molecule is Cl.O=[N+]([O-])c1cnc(Cl)c([N+](=O)[O-])c1. The minimum Gasteiger partial charge on any atom is -0.258 e. The van der Waals surface area contributed by atoms with E-state index in [9.17, 15) is 20.2 Å². The van der Waals surface area contributed by atoms with Crippen LogP contribution in [0.2, 0.25) is 5.15 Å². The van der Waals surface area contributed by atoms with E-state index in [1.807, 2.05) is 0 Å². The van der Waals surface area contributed by atoms with Crippen molar-refractivity contribution in [2.24, 2.45) is 0 Å². The summed E-state index contributed by atoms with van der Waals surface area (Å²) in [6, 6.07) is 0.759. The minimum absolute atomic E-state index is 0. The van der Waals surface area contributed by atoms with Crippen molar-refractivity contribution in [1.82, 2.24) is 4.98 Å². The van der Waals surface area contributed by atoms with Gasteiger partial charge in [0.15, 0.2) is 0 Å². The van der Waals surface area contributed by atoms with E-state index in [2.05, 4.69) is 4.98 Å². The Morgan fingerprint density at radius 3 is 2.29 bits per heavy atom. The van der Waals surface area contributed by atoms with Gasteiger partial charge in [0.05, 0.1) is 15.9 Å². The summed E-state index contributed by atoms with van der Waals surface area (Å²) in [5.41, 5.74) is -1.04. The molecule has 76 valence electrons.